The number of hydrogen-bond acceptors (Lipinski definition) is 5. The third-order valence-corrected chi connectivity index (χ3v) is 3.93. The normalized spacial score (nSPS) is 11.6. The van der Waals surface area contributed by atoms with Crippen molar-refractivity contribution in [3.8, 4) is 0 Å². The van der Waals surface area contributed by atoms with Gasteiger partial charge in [-0.05, 0) is 42.0 Å². The lowest BCUT2D eigenvalue weighted by Gasteiger charge is -2.13. The predicted molar refractivity (Wildman–Crippen MR) is 106 cm³/mol. The van der Waals surface area contributed by atoms with Gasteiger partial charge in [0.25, 0.3) is 5.91 Å². The molecule has 8 nitrogen and oxygen atoms in total. The summed E-state index contributed by atoms with van der Waals surface area (Å²) >= 11 is 0. The lowest BCUT2D eigenvalue weighted by atomic mass is 10.1. The molecule has 0 radical (unpaired) electrons. The zero-order valence-electron chi connectivity index (χ0n) is 16.1. The maximum Gasteiger partial charge on any atom is 0.416 e. The Morgan fingerprint density at radius 1 is 1.06 bits per heavy atom. The molecule has 32 heavy (non-hydrogen) atoms. The molecule has 0 aromatic heterocycles. The molecular weight excluding hydrogens is 439 g/mol. The minimum atomic E-state index is -4.75. The molecule has 170 valence electrons. The summed E-state index contributed by atoms with van der Waals surface area (Å²) in [4.78, 5) is 23.1. The molecule has 8 N–H and O–H groups in total. The summed E-state index contributed by atoms with van der Waals surface area (Å²) < 4.78 is 65.5. The van der Waals surface area contributed by atoms with Crippen molar-refractivity contribution in [3.05, 3.63) is 71.1 Å². The highest BCUT2D eigenvalue weighted by Gasteiger charge is 2.31. The highest BCUT2D eigenvalue weighted by atomic mass is 19.4. The van der Waals surface area contributed by atoms with E-state index in [1.54, 1.807) is 0 Å². The number of halogens is 5. The van der Waals surface area contributed by atoms with Crippen LogP contribution >= 0.6 is 0 Å². The number of hydrogen-bond donors (Lipinski definition) is 6. The molecule has 0 saturated heterocycles. The van der Waals surface area contributed by atoms with Crippen molar-refractivity contribution in [1.29, 1.82) is 5.41 Å². The van der Waals surface area contributed by atoms with Crippen molar-refractivity contribution < 1.29 is 31.5 Å². The van der Waals surface area contributed by atoms with E-state index in [4.69, 9.17) is 16.9 Å². The van der Waals surface area contributed by atoms with Gasteiger partial charge in [-0.3, -0.25) is 10.2 Å². The zero-order valence-corrected chi connectivity index (χ0v) is 16.1. The van der Waals surface area contributed by atoms with E-state index in [0.29, 0.717) is 6.07 Å². The van der Waals surface area contributed by atoms with E-state index in [2.05, 4.69) is 10.6 Å². The molecule has 0 aliphatic heterocycles. The molecule has 0 aliphatic rings. The molecule has 0 atom stereocenters. The molecule has 3 amide bonds. The minimum Gasteiger partial charge on any atom is -0.403 e. The molecule has 0 fully saturated rings. The highest BCUT2D eigenvalue weighted by molar-refractivity contribution is 6.43. The molecule has 0 aliphatic carbocycles. The third-order valence-electron chi connectivity index (χ3n) is 3.93. The van der Waals surface area contributed by atoms with Crippen molar-refractivity contribution >= 4 is 29.0 Å². The molecule has 0 unspecified atom stereocenters. The molecule has 2 aromatic rings. The van der Waals surface area contributed by atoms with E-state index >= 15 is 0 Å². The highest BCUT2D eigenvalue weighted by Crippen LogP contribution is 2.31. The van der Waals surface area contributed by atoms with Crippen LogP contribution in [-0.2, 0) is 17.5 Å². The Labute approximate surface area is 178 Å². The van der Waals surface area contributed by atoms with Gasteiger partial charge in [-0.1, -0.05) is 0 Å². The van der Waals surface area contributed by atoms with Crippen molar-refractivity contribution in [2.24, 2.45) is 11.5 Å². The quantitative estimate of drug-likeness (QED) is 0.281. The SMILES string of the molecule is N=C(C(N)=O)/C(=C\N)NCc1cc(F)cc(NC(=O)Nc2ccc(C(F)(F)F)cc2F)c1. The number of alkyl halides is 3. The minimum absolute atomic E-state index is 0.0603. The third kappa shape index (κ3) is 6.42. The van der Waals surface area contributed by atoms with Gasteiger partial charge in [-0.25, -0.2) is 13.6 Å². The molecule has 2 rings (SSSR count). The van der Waals surface area contributed by atoms with Crippen molar-refractivity contribution in [2.75, 3.05) is 10.6 Å². The van der Waals surface area contributed by atoms with Crippen molar-refractivity contribution in [1.82, 2.24) is 5.32 Å². The van der Waals surface area contributed by atoms with E-state index < -0.39 is 46.7 Å². The van der Waals surface area contributed by atoms with E-state index in [9.17, 15) is 31.5 Å². The number of nitrogens with two attached hydrogens (primary N) is 2. The van der Waals surface area contributed by atoms with Gasteiger partial charge in [0.05, 0.1) is 16.9 Å². The van der Waals surface area contributed by atoms with Gasteiger partial charge in [0.15, 0.2) is 0 Å². The van der Waals surface area contributed by atoms with Gasteiger partial charge in [0.2, 0.25) is 0 Å². The van der Waals surface area contributed by atoms with Crippen LogP contribution in [0.1, 0.15) is 11.1 Å². The van der Waals surface area contributed by atoms with Crippen LogP contribution in [0.4, 0.5) is 38.1 Å². The Morgan fingerprint density at radius 3 is 2.31 bits per heavy atom. The van der Waals surface area contributed by atoms with Crippen LogP contribution in [-0.4, -0.2) is 17.6 Å². The van der Waals surface area contributed by atoms with Gasteiger partial charge in [-0.2, -0.15) is 13.2 Å². The van der Waals surface area contributed by atoms with Crippen LogP contribution in [0.15, 0.2) is 48.3 Å². The first-order valence-electron chi connectivity index (χ1n) is 8.69. The summed E-state index contributed by atoms with van der Waals surface area (Å²) in [7, 11) is 0. The number of rotatable bonds is 7. The number of amides is 3. The number of anilines is 2. The maximum absolute atomic E-state index is 13.9. The molecule has 13 heteroatoms. The predicted octanol–water partition coefficient (Wildman–Crippen LogP) is 3.02. The Balaban J connectivity index is 2.08. The first-order valence-corrected chi connectivity index (χ1v) is 8.69. The maximum atomic E-state index is 13.9. The standard InChI is InChI=1S/C19H17F5N6O2/c20-11-3-9(8-28-15(7-25)16(26)17(27)31)4-12(6-11)29-18(32)30-14-2-1-10(5-13(14)21)19(22,23)24/h1-7,26,28H,8,25H2,(H2,27,31)(H2,29,30,32)/b15-7+,26-16?. The smallest absolute Gasteiger partial charge is 0.403 e. The first kappa shape index (κ1) is 24.1. The lowest BCUT2D eigenvalue weighted by molar-refractivity contribution is -0.137. The van der Waals surface area contributed by atoms with Gasteiger partial charge < -0.3 is 27.4 Å². The molecule has 0 heterocycles. The number of carbonyl (C=O) groups excluding carboxylic acids is 2. The summed E-state index contributed by atoms with van der Waals surface area (Å²) in [5, 5.41) is 14.4. The fourth-order valence-corrected chi connectivity index (χ4v) is 2.46. The first-order chi connectivity index (χ1) is 14.9. The summed E-state index contributed by atoms with van der Waals surface area (Å²) in [5.74, 6) is -3.11. The van der Waals surface area contributed by atoms with E-state index in [1.165, 1.54) is 6.07 Å². The average Bonchev–Trinajstić information content (AvgIpc) is 2.68. The summed E-state index contributed by atoms with van der Waals surface area (Å²) in [6, 6.07) is 3.88. The van der Waals surface area contributed by atoms with E-state index in [1.807, 2.05) is 5.32 Å². The van der Waals surface area contributed by atoms with Gasteiger partial charge in [-0.15, -0.1) is 0 Å². The number of nitrogens with one attached hydrogen (secondary N) is 4. The second-order valence-electron chi connectivity index (χ2n) is 6.29. The molecule has 2 aromatic carbocycles. The van der Waals surface area contributed by atoms with Gasteiger partial charge >= 0.3 is 12.2 Å². The summed E-state index contributed by atoms with van der Waals surface area (Å²) in [6.07, 6.45) is -3.82. The Bertz CT molecular complexity index is 1080. The fourth-order valence-electron chi connectivity index (χ4n) is 2.46. The van der Waals surface area contributed by atoms with E-state index in [0.717, 1.165) is 24.4 Å². The second kappa shape index (κ2) is 9.76. The van der Waals surface area contributed by atoms with Crippen LogP contribution in [0, 0.1) is 17.0 Å². The van der Waals surface area contributed by atoms with Gasteiger partial charge in [0, 0.05) is 18.4 Å². The topological polar surface area (TPSA) is 146 Å². The van der Waals surface area contributed by atoms with Crippen molar-refractivity contribution in [3.63, 3.8) is 0 Å². The number of urea groups is 1. The van der Waals surface area contributed by atoms with Crippen molar-refractivity contribution in [2.45, 2.75) is 12.7 Å². The number of carbonyl (C=O) groups is 2. The van der Waals surface area contributed by atoms with E-state index in [-0.39, 0.29) is 29.6 Å². The van der Waals surface area contributed by atoms with Crippen LogP contribution in [0.3, 0.4) is 0 Å². The molecule has 0 spiro atoms. The van der Waals surface area contributed by atoms with Gasteiger partial charge in [0.1, 0.15) is 17.3 Å². The number of benzene rings is 2. The Kier molecular flexibility index (Phi) is 7.36. The molecular formula is C19H17F5N6O2. The van der Waals surface area contributed by atoms with Crippen LogP contribution in [0.5, 0.6) is 0 Å². The Morgan fingerprint density at radius 2 is 1.75 bits per heavy atom. The second-order valence-corrected chi connectivity index (χ2v) is 6.29. The molecule has 0 bridgehead atoms. The van der Waals surface area contributed by atoms with Crippen LogP contribution in [0.25, 0.3) is 0 Å². The average molecular weight is 456 g/mol. The zero-order chi connectivity index (χ0) is 24.1. The fraction of sp³-hybridized carbons (Fsp3) is 0.105. The summed E-state index contributed by atoms with van der Waals surface area (Å²) in [6.45, 7) is -0.111. The monoisotopic (exact) mass is 456 g/mol. The lowest BCUT2D eigenvalue weighted by Crippen LogP contribution is -2.31. The Hall–Kier alpha value is -4.16. The van der Waals surface area contributed by atoms with Crippen LogP contribution in [0.2, 0.25) is 0 Å². The number of primary amides is 1. The molecule has 0 saturated carbocycles. The largest absolute Gasteiger partial charge is 0.416 e. The summed E-state index contributed by atoms with van der Waals surface area (Å²) in [5.41, 5.74) is 8.06. The van der Waals surface area contributed by atoms with Crippen LogP contribution < -0.4 is 27.4 Å².